The number of nitrogens with zero attached hydrogens (tertiary/aromatic N) is 3. The lowest BCUT2D eigenvalue weighted by Gasteiger charge is -2.38. The minimum Gasteiger partial charge on any atom is -0.497 e. The number of hydrogen-bond donors (Lipinski definition) is 1. The Kier molecular flexibility index (Phi) is 6.13. The number of ketones is 1. The minimum atomic E-state index is -1.35. The topological polar surface area (TPSA) is 101 Å². The predicted molar refractivity (Wildman–Crippen MR) is 131 cm³/mol. The van der Waals surface area contributed by atoms with Crippen molar-refractivity contribution >= 4 is 28.3 Å². The first-order valence-corrected chi connectivity index (χ1v) is 11.7. The second-order valence-corrected chi connectivity index (χ2v) is 9.09. The third-order valence-corrected chi connectivity index (χ3v) is 6.84. The van der Waals surface area contributed by atoms with Gasteiger partial charge in [0.1, 0.15) is 23.6 Å². The van der Waals surface area contributed by atoms with E-state index < -0.39 is 22.8 Å². The molecule has 1 fully saturated rings. The lowest BCUT2D eigenvalue weighted by Crippen LogP contribution is -2.48. The Balaban J connectivity index is 1.40. The maximum atomic E-state index is 15.4. The van der Waals surface area contributed by atoms with Crippen molar-refractivity contribution in [2.24, 2.45) is 0 Å². The summed E-state index contributed by atoms with van der Waals surface area (Å²) in [7, 11) is 1.57. The number of carbonyl (C=O) groups excluding carboxylic acids is 1. The largest absolute Gasteiger partial charge is 0.497 e. The SMILES string of the molecule is COc1ccc(C(=O)CN2CCN(c3c(F)cc4c(=O)c(C(=O)O)cn5c4c3OC[C@@H]5C)CC2)cc1. The van der Waals surface area contributed by atoms with Crippen LogP contribution < -0.4 is 19.8 Å². The van der Waals surface area contributed by atoms with Crippen LogP contribution in [0.2, 0.25) is 0 Å². The van der Waals surface area contributed by atoms with Gasteiger partial charge < -0.3 is 24.0 Å². The van der Waals surface area contributed by atoms with Gasteiger partial charge in [-0.3, -0.25) is 14.5 Å². The number of hydrogen-bond acceptors (Lipinski definition) is 7. The van der Waals surface area contributed by atoms with Crippen molar-refractivity contribution in [3.63, 3.8) is 0 Å². The van der Waals surface area contributed by atoms with Gasteiger partial charge in [-0.25, -0.2) is 9.18 Å². The molecule has 2 aromatic carbocycles. The summed E-state index contributed by atoms with van der Waals surface area (Å²) in [4.78, 5) is 40.9. The highest BCUT2D eigenvalue weighted by atomic mass is 19.1. The van der Waals surface area contributed by atoms with E-state index in [0.717, 1.165) is 6.07 Å². The first kappa shape index (κ1) is 23.8. The molecular weight excluding hydrogens is 469 g/mol. The number of Topliss-reactive ketones (excluding diaryl/α,β-unsaturated/α-hetero) is 1. The molecule has 3 heterocycles. The zero-order chi connectivity index (χ0) is 25.6. The number of aromatic carboxylic acids is 1. The van der Waals surface area contributed by atoms with Crippen molar-refractivity contribution < 1.29 is 28.6 Å². The number of pyridine rings is 1. The van der Waals surface area contributed by atoms with Crippen LogP contribution in [0, 0.1) is 5.82 Å². The van der Waals surface area contributed by atoms with Crippen molar-refractivity contribution in [2.75, 3.05) is 51.3 Å². The van der Waals surface area contributed by atoms with Crippen LogP contribution in [0.25, 0.3) is 10.9 Å². The summed E-state index contributed by atoms with van der Waals surface area (Å²) in [5.41, 5.74) is 0.123. The molecule has 0 saturated carbocycles. The number of carboxylic acids is 1. The van der Waals surface area contributed by atoms with Gasteiger partial charge in [0.25, 0.3) is 0 Å². The van der Waals surface area contributed by atoms with Crippen LogP contribution in [0.1, 0.15) is 33.7 Å². The number of benzene rings is 2. The lowest BCUT2D eigenvalue weighted by atomic mass is 10.1. The van der Waals surface area contributed by atoms with Gasteiger partial charge in [-0.15, -0.1) is 0 Å². The molecule has 2 aliphatic heterocycles. The lowest BCUT2D eigenvalue weighted by molar-refractivity contribution is 0.0694. The number of halogens is 1. The van der Waals surface area contributed by atoms with E-state index in [1.165, 1.54) is 6.20 Å². The van der Waals surface area contributed by atoms with Crippen molar-refractivity contribution in [3.8, 4) is 11.5 Å². The summed E-state index contributed by atoms with van der Waals surface area (Å²) < 4.78 is 28.2. The van der Waals surface area contributed by atoms with Crippen LogP contribution in [0.15, 0.2) is 41.3 Å². The minimum absolute atomic E-state index is 0.00588. The van der Waals surface area contributed by atoms with Crippen LogP contribution >= 0.6 is 0 Å². The fourth-order valence-electron chi connectivity index (χ4n) is 4.86. The first-order chi connectivity index (χ1) is 17.3. The summed E-state index contributed by atoms with van der Waals surface area (Å²) in [5, 5.41) is 9.44. The molecule has 1 aromatic heterocycles. The van der Waals surface area contributed by atoms with Crippen LogP contribution in [0.4, 0.5) is 10.1 Å². The molecule has 9 nitrogen and oxygen atoms in total. The maximum Gasteiger partial charge on any atom is 0.341 e. The van der Waals surface area contributed by atoms with Crippen LogP contribution in [0.5, 0.6) is 11.5 Å². The normalized spacial score (nSPS) is 17.6. The van der Waals surface area contributed by atoms with Gasteiger partial charge >= 0.3 is 5.97 Å². The smallest absolute Gasteiger partial charge is 0.341 e. The van der Waals surface area contributed by atoms with Crippen LogP contribution in [0.3, 0.4) is 0 Å². The molecule has 0 radical (unpaired) electrons. The number of rotatable bonds is 6. The van der Waals surface area contributed by atoms with E-state index in [2.05, 4.69) is 0 Å². The summed E-state index contributed by atoms with van der Waals surface area (Å²) in [6.07, 6.45) is 1.31. The maximum absolute atomic E-state index is 15.4. The van der Waals surface area contributed by atoms with E-state index in [9.17, 15) is 19.5 Å². The van der Waals surface area contributed by atoms with Gasteiger partial charge in [-0.2, -0.15) is 0 Å². The fraction of sp³-hybridized carbons (Fsp3) is 0.346. The van der Waals surface area contributed by atoms with E-state index in [1.54, 1.807) is 35.9 Å². The molecule has 1 atom stereocenters. The Morgan fingerprint density at radius 3 is 2.50 bits per heavy atom. The second kappa shape index (κ2) is 9.27. The quantitative estimate of drug-likeness (QED) is 0.521. The Hall–Kier alpha value is -3.92. The number of ether oxygens (including phenoxy) is 2. The van der Waals surface area contributed by atoms with Crippen molar-refractivity contribution in [3.05, 3.63) is 63.7 Å². The Morgan fingerprint density at radius 1 is 1.17 bits per heavy atom. The molecule has 188 valence electrons. The summed E-state index contributed by atoms with van der Waals surface area (Å²) >= 11 is 0. The second-order valence-electron chi connectivity index (χ2n) is 9.09. The van der Waals surface area contributed by atoms with Gasteiger partial charge in [0.2, 0.25) is 5.43 Å². The van der Waals surface area contributed by atoms with Crippen LogP contribution in [-0.4, -0.2) is 72.8 Å². The number of methoxy groups -OCH3 is 1. The molecule has 0 spiro atoms. The average Bonchev–Trinajstić information content (AvgIpc) is 2.87. The fourth-order valence-corrected chi connectivity index (χ4v) is 4.86. The third-order valence-electron chi connectivity index (χ3n) is 6.84. The zero-order valence-electron chi connectivity index (χ0n) is 20.0. The summed E-state index contributed by atoms with van der Waals surface area (Å²) in [6.45, 7) is 4.32. The predicted octanol–water partition coefficient (Wildman–Crippen LogP) is 2.81. The van der Waals surface area contributed by atoms with Crippen molar-refractivity contribution in [2.45, 2.75) is 13.0 Å². The Labute approximate surface area is 206 Å². The Morgan fingerprint density at radius 2 is 1.86 bits per heavy atom. The van der Waals surface area contributed by atoms with Crippen molar-refractivity contribution in [1.82, 2.24) is 9.47 Å². The number of anilines is 1. The molecule has 0 unspecified atom stereocenters. The molecule has 36 heavy (non-hydrogen) atoms. The molecule has 2 aliphatic rings. The van der Waals surface area contributed by atoms with E-state index in [-0.39, 0.29) is 41.8 Å². The molecule has 1 saturated heterocycles. The van der Waals surface area contributed by atoms with Gasteiger partial charge in [-0.05, 0) is 37.3 Å². The van der Waals surface area contributed by atoms with E-state index in [1.807, 2.05) is 16.7 Å². The van der Waals surface area contributed by atoms with Crippen LogP contribution in [-0.2, 0) is 0 Å². The standard InChI is InChI=1S/C26H26FN3O6/c1-15-14-36-25-22-18(24(32)19(26(33)34)12-30(15)22)11-20(27)23(25)29-9-7-28(8-10-29)13-21(31)16-3-5-17(35-2)6-4-16/h3-6,11-12,15H,7-10,13-14H2,1-2H3,(H,33,34)/t15-/m0/s1. The number of carboxylic acid groups (broad SMARTS) is 1. The molecule has 0 amide bonds. The average molecular weight is 496 g/mol. The van der Waals surface area contributed by atoms with Gasteiger partial charge in [0.05, 0.1) is 30.6 Å². The third kappa shape index (κ3) is 4.07. The highest BCUT2D eigenvalue weighted by molar-refractivity contribution is 5.98. The summed E-state index contributed by atoms with van der Waals surface area (Å²) in [6, 6.07) is 7.86. The molecular formula is C26H26FN3O6. The molecule has 3 aromatic rings. The van der Waals surface area contributed by atoms with Crippen molar-refractivity contribution in [1.29, 1.82) is 0 Å². The van der Waals surface area contributed by atoms with E-state index in [4.69, 9.17) is 9.47 Å². The highest BCUT2D eigenvalue weighted by Gasteiger charge is 2.31. The molecule has 0 bridgehead atoms. The monoisotopic (exact) mass is 495 g/mol. The van der Waals surface area contributed by atoms with Gasteiger partial charge in [0.15, 0.2) is 17.3 Å². The first-order valence-electron chi connectivity index (χ1n) is 11.7. The van der Waals surface area contributed by atoms with Gasteiger partial charge in [0, 0.05) is 37.9 Å². The summed E-state index contributed by atoms with van der Waals surface area (Å²) in [5.74, 6) is -1.06. The zero-order valence-corrected chi connectivity index (χ0v) is 20.0. The number of piperazine rings is 1. The molecule has 10 heteroatoms. The molecule has 5 rings (SSSR count). The van der Waals surface area contributed by atoms with E-state index in [0.29, 0.717) is 43.0 Å². The Bertz CT molecular complexity index is 1410. The van der Waals surface area contributed by atoms with Gasteiger partial charge in [-0.1, -0.05) is 0 Å². The van der Waals surface area contributed by atoms with E-state index >= 15 is 4.39 Å². The molecule has 1 N–H and O–H groups in total. The number of aromatic nitrogens is 1. The highest BCUT2D eigenvalue weighted by Crippen LogP contribution is 2.42. The number of carbonyl (C=O) groups is 2. The molecule has 0 aliphatic carbocycles.